The molecule has 7 nitrogen and oxygen atoms in total. The van der Waals surface area contributed by atoms with E-state index in [2.05, 4.69) is 41.3 Å². The van der Waals surface area contributed by atoms with Crippen LogP contribution in [0.1, 0.15) is 54.4 Å². The lowest BCUT2D eigenvalue weighted by Gasteiger charge is -2.40. The fourth-order valence-corrected chi connectivity index (χ4v) is 5.51. The minimum Gasteiger partial charge on any atom is -0.384 e. The number of carbonyl (C=O) groups is 1. The van der Waals surface area contributed by atoms with Crippen molar-refractivity contribution in [2.45, 2.75) is 44.4 Å². The van der Waals surface area contributed by atoms with Crippen LogP contribution in [0.25, 0.3) is 0 Å². The van der Waals surface area contributed by atoms with E-state index in [-0.39, 0.29) is 17.9 Å². The Labute approximate surface area is 194 Å². The molecule has 0 radical (unpaired) electrons. The number of aryl methyl sites for hydroxylation is 1. The molecule has 0 aliphatic carbocycles. The topological polar surface area (TPSA) is 71.7 Å². The second kappa shape index (κ2) is 11.2. The van der Waals surface area contributed by atoms with Gasteiger partial charge in [-0.3, -0.25) is 0 Å². The average Bonchev–Trinajstić information content (AvgIpc) is 3.32. The Morgan fingerprint density at radius 1 is 1.12 bits per heavy atom. The normalized spacial score (nSPS) is 21.7. The van der Waals surface area contributed by atoms with Gasteiger partial charge in [0, 0.05) is 57.1 Å². The van der Waals surface area contributed by atoms with Gasteiger partial charge in [-0.2, -0.15) is 16.7 Å². The number of piperidine rings is 1. The molecule has 174 valence electrons. The smallest absolute Gasteiger partial charge is 0.320 e. The van der Waals surface area contributed by atoms with Crippen LogP contribution >= 0.6 is 11.8 Å². The molecule has 32 heavy (non-hydrogen) atoms. The first-order valence-corrected chi connectivity index (χ1v) is 12.8. The number of hydrogen-bond donors (Lipinski definition) is 0. The number of amides is 2. The highest BCUT2D eigenvalue weighted by Gasteiger charge is 2.36. The van der Waals surface area contributed by atoms with Crippen molar-refractivity contribution in [1.29, 1.82) is 0 Å². The minimum atomic E-state index is 0.0379. The summed E-state index contributed by atoms with van der Waals surface area (Å²) in [6.45, 7) is 5.77. The monoisotopic (exact) mass is 458 g/mol. The predicted molar refractivity (Wildman–Crippen MR) is 126 cm³/mol. The molecule has 2 atom stereocenters. The molecule has 0 saturated carbocycles. The van der Waals surface area contributed by atoms with Gasteiger partial charge < -0.3 is 19.1 Å². The van der Waals surface area contributed by atoms with E-state index in [0.29, 0.717) is 31.3 Å². The Bertz CT molecular complexity index is 866. The van der Waals surface area contributed by atoms with Gasteiger partial charge >= 0.3 is 6.03 Å². The van der Waals surface area contributed by atoms with Crippen molar-refractivity contribution in [1.82, 2.24) is 19.9 Å². The zero-order valence-electron chi connectivity index (χ0n) is 19.2. The third-order valence-corrected chi connectivity index (χ3v) is 7.30. The average molecular weight is 459 g/mol. The van der Waals surface area contributed by atoms with Crippen LogP contribution in [0.5, 0.6) is 0 Å². The highest BCUT2D eigenvalue weighted by Crippen LogP contribution is 2.36. The standard InChI is InChI=1S/C24H34N4O3S/c1-3-4-18-5-7-19(8-6-18)20-15-21(23-25-22(26-31-23)9-12-30-2)17-28(16-20)24(29)27-10-13-32-14-11-27/h5-8,20-21H,3-4,9-17H2,1-2H3. The predicted octanol–water partition coefficient (Wildman–Crippen LogP) is 3.95. The number of rotatable bonds is 7. The first-order chi connectivity index (χ1) is 15.7. The molecular weight excluding hydrogens is 424 g/mol. The Morgan fingerprint density at radius 3 is 2.59 bits per heavy atom. The third kappa shape index (κ3) is 5.64. The summed E-state index contributed by atoms with van der Waals surface area (Å²) in [6.07, 6.45) is 3.77. The molecule has 2 aromatic rings. The maximum atomic E-state index is 13.4. The molecule has 0 N–H and O–H groups in total. The summed E-state index contributed by atoms with van der Waals surface area (Å²) in [6, 6.07) is 9.06. The van der Waals surface area contributed by atoms with Gasteiger partial charge in [-0.05, 0) is 24.0 Å². The highest BCUT2D eigenvalue weighted by atomic mass is 32.2. The molecule has 2 aliphatic rings. The van der Waals surface area contributed by atoms with Crippen molar-refractivity contribution in [2.75, 3.05) is 51.4 Å². The van der Waals surface area contributed by atoms with Gasteiger partial charge in [-0.15, -0.1) is 0 Å². The molecule has 2 aliphatic heterocycles. The number of urea groups is 1. The molecule has 4 rings (SSSR count). The SMILES string of the molecule is CCCc1ccc(C2CC(c3nc(CCOC)no3)CN(C(=O)N3CCSCC3)C2)cc1. The van der Waals surface area contributed by atoms with Gasteiger partial charge in [0.25, 0.3) is 0 Å². The molecule has 3 heterocycles. The maximum Gasteiger partial charge on any atom is 0.320 e. The van der Waals surface area contributed by atoms with E-state index in [0.717, 1.165) is 50.4 Å². The molecule has 0 bridgehead atoms. The number of methoxy groups -OCH3 is 1. The lowest BCUT2D eigenvalue weighted by Crippen LogP contribution is -2.51. The second-order valence-electron chi connectivity index (χ2n) is 8.70. The van der Waals surface area contributed by atoms with Crippen molar-refractivity contribution in [3.05, 3.63) is 47.1 Å². The summed E-state index contributed by atoms with van der Waals surface area (Å²) < 4.78 is 10.8. The van der Waals surface area contributed by atoms with E-state index in [9.17, 15) is 4.79 Å². The number of ether oxygens (including phenoxy) is 1. The van der Waals surface area contributed by atoms with Crippen LogP contribution in [0.3, 0.4) is 0 Å². The van der Waals surface area contributed by atoms with Gasteiger partial charge in [-0.25, -0.2) is 4.79 Å². The van der Waals surface area contributed by atoms with E-state index in [1.807, 2.05) is 21.6 Å². The summed E-state index contributed by atoms with van der Waals surface area (Å²) >= 11 is 1.92. The molecule has 2 fully saturated rings. The molecular formula is C24H34N4O3S. The van der Waals surface area contributed by atoms with E-state index in [1.165, 1.54) is 11.1 Å². The van der Waals surface area contributed by atoms with Crippen molar-refractivity contribution in [3.63, 3.8) is 0 Å². The van der Waals surface area contributed by atoms with Crippen LogP contribution in [-0.4, -0.2) is 77.4 Å². The number of aromatic nitrogens is 2. The number of thioether (sulfide) groups is 1. The fourth-order valence-electron chi connectivity index (χ4n) is 4.60. The summed E-state index contributed by atoms with van der Waals surface area (Å²) in [7, 11) is 1.67. The van der Waals surface area contributed by atoms with Crippen LogP contribution in [-0.2, 0) is 17.6 Å². The van der Waals surface area contributed by atoms with Gasteiger partial charge in [0.2, 0.25) is 5.89 Å². The minimum absolute atomic E-state index is 0.0379. The number of hydrogen-bond acceptors (Lipinski definition) is 6. The van der Waals surface area contributed by atoms with Gasteiger partial charge in [0.15, 0.2) is 5.82 Å². The van der Waals surface area contributed by atoms with Crippen LogP contribution in [0.15, 0.2) is 28.8 Å². The largest absolute Gasteiger partial charge is 0.384 e. The first-order valence-electron chi connectivity index (χ1n) is 11.7. The molecule has 2 unspecified atom stereocenters. The highest BCUT2D eigenvalue weighted by molar-refractivity contribution is 7.99. The van der Waals surface area contributed by atoms with E-state index in [1.54, 1.807) is 7.11 Å². The van der Waals surface area contributed by atoms with Crippen LogP contribution < -0.4 is 0 Å². The van der Waals surface area contributed by atoms with Crippen molar-refractivity contribution >= 4 is 17.8 Å². The summed E-state index contributed by atoms with van der Waals surface area (Å²) in [5.41, 5.74) is 2.64. The van der Waals surface area contributed by atoms with E-state index >= 15 is 0 Å². The maximum absolute atomic E-state index is 13.4. The number of likely N-dealkylation sites (tertiary alicyclic amines) is 1. The van der Waals surface area contributed by atoms with Gasteiger partial charge in [0.05, 0.1) is 12.5 Å². The third-order valence-electron chi connectivity index (χ3n) is 6.36. The van der Waals surface area contributed by atoms with Crippen LogP contribution in [0.4, 0.5) is 4.79 Å². The summed E-state index contributed by atoms with van der Waals surface area (Å²) in [5, 5.41) is 4.14. The van der Waals surface area contributed by atoms with Gasteiger partial charge in [0.1, 0.15) is 0 Å². The Morgan fingerprint density at radius 2 is 1.88 bits per heavy atom. The van der Waals surface area contributed by atoms with Gasteiger partial charge in [-0.1, -0.05) is 42.8 Å². The molecule has 2 amide bonds. The van der Waals surface area contributed by atoms with Crippen LogP contribution in [0, 0.1) is 0 Å². The molecule has 1 aromatic carbocycles. The number of carbonyl (C=O) groups excluding carboxylic acids is 1. The fraction of sp³-hybridized carbons (Fsp3) is 0.625. The second-order valence-corrected chi connectivity index (χ2v) is 9.92. The molecule has 2 saturated heterocycles. The summed E-state index contributed by atoms with van der Waals surface area (Å²) in [5.74, 6) is 3.61. The first kappa shape index (κ1) is 23.1. The lowest BCUT2D eigenvalue weighted by atomic mass is 9.84. The quantitative estimate of drug-likeness (QED) is 0.626. The van der Waals surface area contributed by atoms with Crippen molar-refractivity contribution in [2.24, 2.45) is 0 Å². The van der Waals surface area contributed by atoms with Crippen molar-refractivity contribution < 1.29 is 14.1 Å². The molecule has 1 aromatic heterocycles. The lowest BCUT2D eigenvalue weighted by molar-refractivity contribution is 0.130. The van der Waals surface area contributed by atoms with Crippen LogP contribution in [0.2, 0.25) is 0 Å². The van der Waals surface area contributed by atoms with E-state index < -0.39 is 0 Å². The summed E-state index contributed by atoms with van der Waals surface area (Å²) in [4.78, 5) is 22.0. The molecule has 0 spiro atoms. The number of benzene rings is 1. The van der Waals surface area contributed by atoms with E-state index in [4.69, 9.17) is 9.26 Å². The Balaban J connectivity index is 1.54. The Kier molecular flexibility index (Phi) is 8.08. The zero-order chi connectivity index (χ0) is 22.3. The zero-order valence-corrected chi connectivity index (χ0v) is 20.0. The number of nitrogens with zero attached hydrogens (tertiary/aromatic N) is 4. The van der Waals surface area contributed by atoms with Crippen molar-refractivity contribution in [3.8, 4) is 0 Å². The Hall–Kier alpha value is -2.06. The molecule has 8 heteroatoms.